The first-order valence-corrected chi connectivity index (χ1v) is 11.2. The van der Waals surface area contributed by atoms with Crippen LogP contribution >= 0.6 is 0 Å². The fourth-order valence-electron chi connectivity index (χ4n) is 4.24. The van der Waals surface area contributed by atoms with Gasteiger partial charge in [0.25, 0.3) is 0 Å². The Hall–Kier alpha value is -2.37. The molecule has 1 amide bonds. The molecule has 1 fully saturated rings. The lowest BCUT2D eigenvalue weighted by Gasteiger charge is -2.41. The highest BCUT2D eigenvalue weighted by molar-refractivity contribution is 5.79. The van der Waals surface area contributed by atoms with Gasteiger partial charge in [0.15, 0.2) is 0 Å². The second-order valence-corrected chi connectivity index (χ2v) is 9.13. The number of para-hydroxylation sites is 1. The molecule has 1 saturated heterocycles. The number of ether oxygens (including phenoxy) is 3. The molecule has 0 saturated carbocycles. The van der Waals surface area contributed by atoms with Crippen molar-refractivity contribution >= 4 is 5.91 Å². The van der Waals surface area contributed by atoms with Crippen LogP contribution in [0.5, 0.6) is 5.75 Å². The summed E-state index contributed by atoms with van der Waals surface area (Å²) in [6.07, 6.45) is 3.48. The van der Waals surface area contributed by atoms with Crippen molar-refractivity contribution < 1.29 is 19.0 Å². The number of carbonyl (C=O) groups is 1. The van der Waals surface area contributed by atoms with Crippen LogP contribution < -0.4 is 4.74 Å². The number of epoxide rings is 1. The molecule has 0 N–H and O–H groups in total. The summed E-state index contributed by atoms with van der Waals surface area (Å²) in [7, 11) is 1.85. The molecule has 0 aromatic heterocycles. The number of amides is 1. The standard InChI is InChI=1S/C26H33NO4/c1-26(2,31-23-16-20-11-7-8-12-24(20)30-18-23)27(3)25(28)21(13-14-22-17-29-22)15-19-9-5-4-6-10-19/h4-12,21-23H,13-18H2,1-3H3/t21-,22+,23-/m0/s1. The minimum Gasteiger partial charge on any atom is -0.491 e. The molecule has 0 spiro atoms. The monoisotopic (exact) mass is 423 g/mol. The van der Waals surface area contributed by atoms with Crippen molar-refractivity contribution in [2.75, 3.05) is 20.3 Å². The van der Waals surface area contributed by atoms with Crippen LogP contribution in [0.1, 0.15) is 37.8 Å². The summed E-state index contributed by atoms with van der Waals surface area (Å²) in [6, 6.07) is 18.3. The minimum absolute atomic E-state index is 0.0902. The van der Waals surface area contributed by atoms with E-state index in [2.05, 4.69) is 18.2 Å². The van der Waals surface area contributed by atoms with Gasteiger partial charge in [-0.3, -0.25) is 4.79 Å². The van der Waals surface area contributed by atoms with Crippen LogP contribution in [-0.4, -0.2) is 49.0 Å². The van der Waals surface area contributed by atoms with Crippen molar-refractivity contribution in [2.24, 2.45) is 5.92 Å². The smallest absolute Gasteiger partial charge is 0.227 e. The first-order valence-electron chi connectivity index (χ1n) is 11.2. The Morgan fingerprint density at radius 2 is 1.84 bits per heavy atom. The van der Waals surface area contributed by atoms with Gasteiger partial charge >= 0.3 is 0 Å². The van der Waals surface area contributed by atoms with Crippen LogP contribution in [0, 0.1) is 5.92 Å². The largest absolute Gasteiger partial charge is 0.491 e. The minimum atomic E-state index is -0.734. The molecule has 0 bridgehead atoms. The van der Waals surface area contributed by atoms with Crippen molar-refractivity contribution in [1.82, 2.24) is 4.90 Å². The van der Waals surface area contributed by atoms with E-state index < -0.39 is 5.72 Å². The molecule has 5 nitrogen and oxygen atoms in total. The molecule has 2 heterocycles. The third-order valence-electron chi connectivity index (χ3n) is 6.35. The summed E-state index contributed by atoms with van der Waals surface area (Å²) in [6.45, 7) is 5.25. The van der Waals surface area contributed by atoms with E-state index in [0.717, 1.165) is 43.6 Å². The molecule has 2 aromatic rings. The Labute approximate surface area is 185 Å². The number of nitrogens with zero attached hydrogens (tertiary/aromatic N) is 1. The Bertz CT molecular complexity index is 878. The maximum absolute atomic E-state index is 13.5. The molecular formula is C26H33NO4. The predicted molar refractivity (Wildman–Crippen MR) is 120 cm³/mol. The van der Waals surface area contributed by atoms with Gasteiger partial charge in [0.1, 0.15) is 18.1 Å². The molecule has 0 unspecified atom stereocenters. The van der Waals surface area contributed by atoms with E-state index >= 15 is 0 Å². The molecule has 2 aliphatic heterocycles. The van der Waals surface area contributed by atoms with Gasteiger partial charge in [0, 0.05) is 19.4 Å². The summed E-state index contributed by atoms with van der Waals surface area (Å²) < 4.78 is 17.7. The van der Waals surface area contributed by atoms with E-state index in [1.165, 1.54) is 5.56 Å². The molecule has 2 aliphatic rings. The molecule has 5 heteroatoms. The Morgan fingerprint density at radius 1 is 1.13 bits per heavy atom. The van der Waals surface area contributed by atoms with E-state index in [4.69, 9.17) is 14.2 Å². The number of rotatable bonds is 9. The average Bonchev–Trinajstić information content (AvgIpc) is 3.60. The van der Waals surface area contributed by atoms with E-state index in [0.29, 0.717) is 12.7 Å². The Balaban J connectivity index is 1.41. The Kier molecular flexibility index (Phi) is 6.63. The maximum atomic E-state index is 13.5. The fourth-order valence-corrected chi connectivity index (χ4v) is 4.24. The highest BCUT2D eigenvalue weighted by Gasteiger charge is 2.36. The van der Waals surface area contributed by atoms with Crippen LogP contribution in [0.2, 0.25) is 0 Å². The molecule has 4 rings (SSSR count). The summed E-state index contributed by atoms with van der Waals surface area (Å²) in [5.41, 5.74) is 1.60. The fraction of sp³-hybridized carbons (Fsp3) is 0.500. The van der Waals surface area contributed by atoms with Crippen molar-refractivity contribution in [1.29, 1.82) is 0 Å². The molecule has 0 radical (unpaired) electrons. The van der Waals surface area contributed by atoms with Gasteiger partial charge in [-0.2, -0.15) is 0 Å². The van der Waals surface area contributed by atoms with Gasteiger partial charge in [-0.25, -0.2) is 0 Å². The van der Waals surface area contributed by atoms with E-state index in [-0.39, 0.29) is 17.9 Å². The molecule has 2 aromatic carbocycles. The van der Waals surface area contributed by atoms with Crippen molar-refractivity contribution in [2.45, 2.75) is 57.5 Å². The van der Waals surface area contributed by atoms with Gasteiger partial charge < -0.3 is 19.1 Å². The van der Waals surface area contributed by atoms with Crippen LogP contribution in [0.15, 0.2) is 54.6 Å². The lowest BCUT2D eigenvalue weighted by atomic mass is 9.92. The SMILES string of the molecule is CN(C(=O)[C@@H](CC[C@@H]1CO1)Cc1ccccc1)C(C)(C)O[C@@H]1COc2ccccc2C1. The van der Waals surface area contributed by atoms with Crippen LogP contribution in [0.3, 0.4) is 0 Å². The van der Waals surface area contributed by atoms with Crippen molar-refractivity contribution in [3.05, 3.63) is 65.7 Å². The zero-order valence-corrected chi connectivity index (χ0v) is 18.8. The van der Waals surface area contributed by atoms with Crippen LogP contribution in [0.4, 0.5) is 0 Å². The van der Waals surface area contributed by atoms with E-state index in [1.54, 1.807) is 4.90 Å². The maximum Gasteiger partial charge on any atom is 0.227 e. The molecule has 31 heavy (non-hydrogen) atoms. The topological polar surface area (TPSA) is 51.3 Å². The summed E-state index contributed by atoms with van der Waals surface area (Å²) in [5, 5.41) is 0. The number of hydrogen-bond donors (Lipinski definition) is 0. The average molecular weight is 424 g/mol. The van der Waals surface area contributed by atoms with Gasteiger partial charge in [-0.15, -0.1) is 0 Å². The zero-order chi connectivity index (χ0) is 21.8. The predicted octanol–water partition coefficient (Wildman–Crippen LogP) is 4.24. The van der Waals surface area contributed by atoms with Crippen LogP contribution in [-0.2, 0) is 27.1 Å². The second kappa shape index (κ2) is 9.41. The van der Waals surface area contributed by atoms with Crippen molar-refractivity contribution in [3.63, 3.8) is 0 Å². The number of hydrogen-bond acceptors (Lipinski definition) is 4. The van der Waals surface area contributed by atoms with E-state index in [1.807, 2.05) is 57.3 Å². The lowest BCUT2D eigenvalue weighted by molar-refractivity contribution is -0.183. The van der Waals surface area contributed by atoms with Gasteiger partial charge in [-0.05, 0) is 50.3 Å². The third-order valence-corrected chi connectivity index (χ3v) is 6.35. The van der Waals surface area contributed by atoms with Gasteiger partial charge in [0.2, 0.25) is 5.91 Å². The summed E-state index contributed by atoms with van der Waals surface area (Å²) in [4.78, 5) is 15.3. The summed E-state index contributed by atoms with van der Waals surface area (Å²) in [5.74, 6) is 0.948. The molecule has 166 valence electrons. The van der Waals surface area contributed by atoms with Crippen LogP contribution in [0.25, 0.3) is 0 Å². The number of benzene rings is 2. The van der Waals surface area contributed by atoms with Gasteiger partial charge in [0.05, 0.1) is 18.8 Å². The first-order chi connectivity index (χ1) is 14.9. The Morgan fingerprint density at radius 3 is 2.58 bits per heavy atom. The van der Waals surface area contributed by atoms with Crippen molar-refractivity contribution in [3.8, 4) is 5.75 Å². The highest BCUT2D eigenvalue weighted by atomic mass is 16.6. The second-order valence-electron chi connectivity index (χ2n) is 9.13. The zero-order valence-electron chi connectivity index (χ0n) is 18.8. The normalized spacial score (nSPS) is 21.0. The van der Waals surface area contributed by atoms with E-state index in [9.17, 15) is 4.79 Å². The van der Waals surface area contributed by atoms with Gasteiger partial charge in [-0.1, -0.05) is 48.5 Å². The summed E-state index contributed by atoms with van der Waals surface area (Å²) >= 11 is 0. The molecular weight excluding hydrogens is 390 g/mol. The number of fused-ring (bicyclic) bond motifs is 1. The molecule has 3 atom stereocenters. The number of carbonyl (C=O) groups excluding carboxylic acids is 1. The first kappa shape index (κ1) is 21.8. The molecule has 0 aliphatic carbocycles. The third kappa shape index (κ3) is 5.66. The lowest BCUT2D eigenvalue weighted by Crippen LogP contribution is -2.52. The quantitative estimate of drug-likeness (QED) is 0.447. The highest BCUT2D eigenvalue weighted by Crippen LogP contribution is 2.30.